The molecule has 0 aliphatic rings. The SMILES string of the molecule is COc1ccc(OC)c(N(CC(=O)N(Cc2ccccc2F)C(C)C(=O)NCC(C)C)S(C)(=O)=O)c1. The van der Waals surface area contributed by atoms with E-state index in [1.807, 2.05) is 13.8 Å². The average Bonchev–Trinajstić information content (AvgIpc) is 2.83. The van der Waals surface area contributed by atoms with E-state index in [4.69, 9.17) is 9.47 Å². The van der Waals surface area contributed by atoms with E-state index in [0.29, 0.717) is 12.3 Å². The maximum absolute atomic E-state index is 14.5. The number of nitrogens with zero attached hydrogens (tertiary/aromatic N) is 2. The van der Waals surface area contributed by atoms with Crippen molar-refractivity contribution in [3.63, 3.8) is 0 Å². The first-order valence-corrected chi connectivity index (χ1v) is 13.2. The summed E-state index contributed by atoms with van der Waals surface area (Å²) in [5, 5.41) is 2.77. The van der Waals surface area contributed by atoms with Gasteiger partial charge in [0.25, 0.3) is 0 Å². The second-order valence-corrected chi connectivity index (χ2v) is 10.6. The molecule has 2 amide bonds. The molecular formula is C25H34FN3O6S. The molecule has 0 heterocycles. The topological polar surface area (TPSA) is 105 Å². The van der Waals surface area contributed by atoms with Crippen molar-refractivity contribution in [2.24, 2.45) is 5.92 Å². The summed E-state index contributed by atoms with van der Waals surface area (Å²) in [7, 11) is -1.18. The Balaban J connectivity index is 2.47. The lowest BCUT2D eigenvalue weighted by molar-refractivity contribution is -0.139. The Hall–Kier alpha value is -3.34. The molecule has 11 heteroatoms. The summed E-state index contributed by atoms with van der Waals surface area (Å²) in [4.78, 5) is 27.6. The summed E-state index contributed by atoms with van der Waals surface area (Å²) in [6, 6.07) is 9.46. The van der Waals surface area contributed by atoms with Crippen molar-refractivity contribution in [1.29, 1.82) is 0 Å². The van der Waals surface area contributed by atoms with E-state index in [2.05, 4.69) is 5.32 Å². The van der Waals surface area contributed by atoms with Crippen molar-refractivity contribution in [2.75, 3.05) is 37.9 Å². The number of benzene rings is 2. The van der Waals surface area contributed by atoms with Crippen molar-refractivity contribution in [2.45, 2.75) is 33.4 Å². The molecule has 0 aliphatic carbocycles. The Kier molecular flexibility index (Phi) is 10.1. The van der Waals surface area contributed by atoms with E-state index in [-0.39, 0.29) is 29.5 Å². The molecule has 0 fully saturated rings. The minimum Gasteiger partial charge on any atom is -0.497 e. The number of rotatable bonds is 12. The summed E-state index contributed by atoms with van der Waals surface area (Å²) in [5.74, 6) is -0.925. The molecule has 1 N–H and O–H groups in total. The molecule has 1 atom stereocenters. The molecule has 0 aromatic heterocycles. The van der Waals surface area contributed by atoms with Crippen LogP contribution in [0, 0.1) is 11.7 Å². The molecule has 1 unspecified atom stereocenters. The fourth-order valence-corrected chi connectivity index (χ4v) is 4.28. The van der Waals surface area contributed by atoms with Gasteiger partial charge in [-0.05, 0) is 31.0 Å². The highest BCUT2D eigenvalue weighted by Gasteiger charge is 2.31. The minimum atomic E-state index is -3.98. The molecule has 2 rings (SSSR count). The molecule has 0 radical (unpaired) electrons. The van der Waals surface area contributed by atoms with Gasteiger partial charge in [-0.2, -0.15) is 0 Å². The van der Waals surface area contributed by atoms with Gasteiger partial charge >= 0.3 is 0 Å². The number of ether oxygens (including phenoxy) is 2. The van der Waals surface area contributed by atoms with Gasteiger partial charge < -0.3 is 19.7 Å². The predicted molar refractivity (Wildman–Crippen MR) is 136 cm³/mol. The lowest BCUT2D eigenvalue weighted by Gasteiger charge is -2.32. The first kappa shape index (κ1) is 28.9. The molecule has 0 aliphatic heterocycles. The highest BCUT2D eigenvalue weighted by atomic mass is 32.2. The molecule has 2 aromatic rings. The van der Waals surface area contributed by atoms with Crippen LogP contribution in [0.5, 0.6) is 11.5 Å². The normalized spacial score (nSPS) is 12.1. The molecule has 0 saturated carbocycles. The van der Waals surface area contributed by atoms with Gasteiger partial charge in [-0.3, -0.25) is 13.9 Å². The number of sulfonamides is 1. The van der Waals surface area contributed by atoms with E-state index in [9.17, 15) is 22.4 Å². The van der Waals surface area contributed by atoms with Crippen LogP contribution in [0.25, 0.3) is 0 Å². The number of methoxy groups -OCH3 is 2. The summed E-state index contributed by atoms with van der Waals surface area (Å²) in [6.07, 6.45) is 0.958. The maximum Gasteiger partial charge on any atom is 0.244 e. The summed E-state index contributed by atoms with van der Waals surface area (Å²) >= 11 is 0. The Morgan fingerprint density at radius 2 is 1.72 bits per heavy atom. The summed E-state index contributed by atoms with van der Waals surface area (Å²) < 4.78 is 51.4. The van der Waals surface area contributed by atoms with Crippen LogP contribution in [0.15, 0.2) is 42.5 Å². The predicted octanol–water partition coefficient (Wildman–Crippen LogP) is 2.80. The standard InChI is InChI=1S/C25H34FN3O6S/c1-17(2)14-27-25(31)18(3)28(15-19-9-7-8-10-21(19)26)24(30)16-29(36(6,32)33)22-13-20(34-4)11-12-23(22)35-5/h7-13,17-18H,14-16H2,1-6H3,(H,27,31). The van der Waals surface area contributed by atoms with Crippen molar-refractivity contribution in [3.8, 4) is 11.5 Å². The molecule has 0 spiro atoms. The lowest BCUT2D eigenvalue weighted by atomic mass is 10.1. The smallest absolute Gasteiger partial charge is 0.244 e. The van der Waals surface area contributed by atoms with Gasteiger partial charge in [0.2, 0.25) is 21.8 Å². The van der Waals surface area contributed by atoms with Crippen LogP contribution in [0.2, 0.25) is 0 Å². The van der Waals surface area contributed by atoms with E-state index in [1.54, 1.807) is 12.1 Å². The van der Waals surface area contributed by atoms with Gasteiger partial charge in [0.05, 0.1) is 26.2 Å². The monoisotopic (exact) mass is 523 g/mol. The third kappa shape index (κ3) is 7.58. The van der Waals surface area contributed by atoms with E-state index < -0.39 is 40.2 Å². The zero-order valence-electron chi connectivity index (χ0n) is 21.4. The molecule has 0 saturated heterocycles. The number of hydrogen-bond donors (Lipinski definition) is 1. The lowest BCUT2D eigenvalue weighted by Crippen LogP contribution is -2.51. The van der Waals surface area contributed by atoms with Crippen molar-refractivity contribution in [3.05, 3.63) is 53.8 Å². The Morgan fingerprint density at radius 3 is 2.28 bits per heavy atom. The zero-order chi connectivity index (χ0) is 27.0. The van der Waals surface area contributed by atoms with Crippen LogP contribution in [-0.4, -0.2) is 64.7 Å². The van der Waals surface area contributed by atoms with Crippen molar-refractivity contribution >= 4 is 27.5 Å². The Morgan fingerprint density at radius 1 is 1.06 bits per heavy atom. The van der Waals surface area contributed by atoms with Gasteiger partial charge in [-0.15, -0.1) is 0 Å². The van der Waals surface area contributed by atoms with E-state index in [0.717, 1.165) is 10.6 Å². The molecule has 36 heavy (non-hydrogen) atoms. The van der Waals surface area contributed by atoms with Crippen LogP contribution in [0.3, 0.4) is 0 Å². The number of amides is 2. The van der Waals surface area contributed by atoms with Crippen LogP contribution >= 0.6 is 0 Å². The molecule has 2 aromatic carbocycles. The largest absolute Gasteiger partial charge is 0.497 e. The van der Waals surface area contributed by atoms with Crippen LogP contribution in [0.1, 0.15) is 26.3 Å². The van der Waals surface area contributed by atoms with Gasteiger partial charge in [-0.25, -0.2) is 12.8 Å². The number of carbonyl (C=O) groups excluding carboxylic acids is 2. The number of nitrogens with one attached hydrogen (secondary N) is 1. The van der Waals surface area contributed by atoms with Gasteiger partial charge in [0, 0.05) is 24.7 Å². The van der Waals surface area contributed by atoms with E-state index in [1.165, 1.54) is 56.4 Å². The van der Waals surface area contributed by atoms with Crippen molar-refractivity contribution < 1.29 is 31.9 Å². The second-order valence-electron chi connectivity index (χ2n) is 8.74. The minimum absolute atomic E-state index is 0.0930. The van der Waals surface area contributed by atoms with Crippen LogP contribution in [-0.2, 0) is 26.2 Å². The number of hydrogen-bond acceptors (Lipinski definition) is 6. The maximum atomic E-state index is 14.5. The third-order valence-electron chi connectivity index (χ3n) is 5.48. The third-order valence-corrected chi connectivity index (χ3v) is 6.61. The quantitative estimate of drug-likeness (QED) is 0.459. The molecular weight excluding hydrogens is 489 g/mol. The average molecular weight is 524 g/mol. The number of carbonyl (C=O) groups is 2. The fourth-order valence-electron chi connectivity index (χ4n) is 3.43. The molecule has 9 nitrogen and oxygen atoms in total. The Labute approximate surface area is 212 Å². The summed E-state index contributed by atoms with van der Waals surface area (Å²) in [5.41, 5.74) is 0.287. The highest BCUT2D eigenvalue weighted by molar-refractivity contribution is 7.92. The summed E-state index contributed by atoms with van der Waals surface area (Å²) in [6.45, 7) is 4.90. The van der Waals surface area contributed by atoms with Crippen molar-refractivity contribution in [1.82, 2.24) is 10.2 Å². The first-order chi connectivity index (χ1) is 16.9. The Bertz CT molecular complexity index is 1170. The molecule has 198 valence electrons. The fraction of sp³-hybridized carbons (Fsp3) is 0.440. The molecule has 0 bridgehead atoms. The van der Waals surface area contributed by atoms with Gasteiger partial charge in [-0.1, -0.05) is 32.0 Å². The van der Waals surface area contributed by atoms with Crippen LogP contribution in [0.4, 0.5) is 10.1 Å². The second kappa shape index (κ2) is 12.6. The van der Waals surface area contributed by atoms with Gasteiger partial charge in [0.15, 0.2) is 0 Å². The zero-order valence-corrected chi connectivity index (χ0v) is 22.3. The first-order valence-electron chi connectivity index (χ1n) is 11.4. The number of halogens is 1. The van der Waals surface area contributed by atoms with E-state index >= 15 is 0 Å². The van der Waals surface area contributed by atoms with Crippen LogP contribution < -0.4 is 19.1 Å². The highest BCUT2D eigenvalue weighted by Crippen LogP contribution is 2.34. The number of anilines is 1. The van der Waals surface area contributed by atoms with Gasteiger partial charge in [0.1, 0.15) is 29.9 Å².